The molecule has 0 fully saturated rings. The Hall–Kier alpha value is -3.74. The van der Waals surface area contributed by atoms with Gasteiger partial charge in [-0.05, 0) is 55.5 Å². The molecule has 1 heterocycles. The van der Waals surface area contributed by atoms with Crippen LogP contribution in [0.2, 0.25) is 0 Å². The Morgan fingerprint density at radius 1 is 1.13 bits per heavy atom. The fourth-order valence-corrected chi connectivity index (χ4v) is 2.99. The number of aliphatic carboxylic acids is 1. The second-order valence-electron chi connectivity index (χ2n) is 6.55. The highest BCUT2D eigenvalue weighted by molar-refractivity contribution is 5.92. The number of benzene rings is 2. The molecular weight excluding hydrogens is 389 g/mol. The maximum Gasteiger partial charge on any atom is 0.331 e. The molecule has 3 aromatic rings. The number of carbonyl (C=O) groups is 1. The van der Waals surface area contributed by atoms with Crippen molar-refractivity contribution in [2.24, 2.45) is 0 Å². The summed E-state index contributed by atoms with van der Waals surface area (Å²) in [7, 11) is 2.94. The molecule has 0 atom stereocenters. The Morgan fingerprint density at radius 2 is 1.90 bits per heavy atom. The molecule has 0 saturated heterocycles. The van der Waals surface area contributed by atoms with Gasteiger partial charge in [0.25, 0.3) is 0 Å². The average Bonchev–Trinajstić information content (AvgIpc) is 3.25. The van der Waals surface area contributed by atoms with Crippen LogP contribution in [0.1, 0.15) is 18.2 Å². The van der Waals surface area contributed by atoms with Crippen molar-refractivity contribution >= 4 is 17.7 Å². The maximum atomic E-state index is 14.9. The molecule has 3 rings (SSSR count). The third-order valence-corrected chi connectivity index (χ3v) is 4.57. The minimum absolute atomic E-state index is 0.140. The highest BCUT2D eigenvalue weighted by Crippen LogP contribution is 2.38. The van der Waals surface area contributed by atoms with Gasteiger partial charge < -0.3 is 24.3 Å². The molecule has 0 aliphatic rings. The minimum Gasteiger partial charge on any atom is -0.496 e. The molecule has 30 heavy (non-hydrogen) atoms. The standard InChI is InChI=1S/C23H22FNO5/c1-14(23(26)27)9-15-10-22(29-3)19(12-21(15)28-2)18-7-6-16(11-20(18)24)25-13-17-5-4-8-30-17/h4-12,25H,13H2,1-3H3,(H,26,27)/b14-9+. The number of hydrogen-bond donors (Lipinski definition) is 2. The molecule has 0 amide bonds. The second kappa shape index (κ2) is 9.17. The lowest BCUT2D eigenvalue weighted by Crippen LogP contribution is -2.00. The lowest BCUT2D eigenvalue weighted by molar-refractivity contribution is -0.132. The number of halogens is 1. The van der Waals surface area contributed by atoms with Crippen molar-refractivity contribution < 1.29 is 28.2 Å². The van der Waals surface area contributed by atoms with E-state index >= 15 is 0 Å². The zero-order chi connectivity index (χ0) is 21.7. The van der Waals surface area contributed by atoms with Crippen LogP contribution in [0.4, 0.5) is 10.1 Å². The molecule has 2 N–H and O–H groups in total. The SMILES string of the molecule is COc1cc(-c2ccc(NCc3ccco3)cc2F)c(OC)cc1/C=C(\C)C(=O)O. The second-order valence-corrected chi connectivity index (χ2v) is 6.55. The largest absolute Gasteiger partial charge is 0.496 e. The highest BCUT2D eigenvalue weighted by Gasteiger charge is 2.16. The Bertz CT molecular complexity index is 1070. The lowest BCUT2D eigenvalue weighted by atomic mass is 9.99. The van der Waals surface area contributed by atoms with Crippen molar-refractivity contribution in [2.75, 3.05) is 19.5 Å². The zero-order valence-corrected chi connectivity index (χ0v) is 16.9. The van der Waals surface area contributed by atoms with Crippen molar-refractivity contribution in [3.63, 3.8) is 0 Å². The summed E-state index contributed by atoms with van der Waals surface area (Å²) in [5.41, 5.74) is 2.10. The number of carboxylic acids is 1. The van der Waals surface area contributed by atoms with E-state index in [2.05, 4.69) is 5.32 Å². The number of furan rings is 1. The fourth-order valence-electron chi connectivity index (χ4n) is 2.99. The summed E-state index contributed by atoms with van der Waals surface area (Å²) in [6, 6.07) is 11.7. The van der Waals surface area contributed by atoms with E-state index in [1.165, 1.54) is 33.3 Å². The maximum absolute atomic E-state index is 14.9. The van der Waals surface area contributed by atoms with E-state index in [0.29, 0.717) is 40.4 Å². The summed E-state index contributed by atoms with van der Waals surface area (Å²) in [6.45, 7) is 1.92. The Kier molecular flexibility index (Phi) is 6.41. The average molecular weight is 411 g/mol. The quantitative estimate of drug-likeness (QED) is 0.496. The fraction of sp³-hybridized carbons (Fsp3) is 0.174. The first-order chi connectivity index (χ1) is 14.4. The number of hydrogen-bond acceptors (Lipinski definition) is 5. The van der Waals surface area contributed by atoms with Crippen LogP contribution in [0, 0.1) is 5.82 Å². The molecule has 156 valence electrons. The molecule has 1 aromatic heterocycles. The van der Waals surface area contributed by atoms with Gasteiger partial charge in [-0.15, -0.1) is 0 Å². The van der Waals surface area contributed by atoms with E-state index in [0.717, 1.165) is 5.76 Å². The van der Waals surface area contributed by atoms with Crippen LogP contribution in [-0.4, -0.2) is 25.3 Å². The molecule has 0 aliphatic carbocycles. The third-order valence-electron chi connectivity index (χ3n) is 4.57. The van der Waals surface area contributed by atoms with Gasteiger partial charge in [0.15, 0.2) is 0 Å². The van der Waals surface area contributed by atoms with E-state index in [1.54, 1.807) is 36.6 Å². The first kappa shape index (κ1) is 21.0. The van der Waals surface area contributed by atoms with Gasteiger partial charge in [-0.25, -0.2) is 9.18 Å². The van der Waals surface area contributed by atoms with E-state index in [9.17, 15) is 9.18 Å². The Balaban J connectivity index is 1.96. The molecule has 7 heteroatoms. The van der Waals surface area contributed by atoms with E-state index < -0.39 is 11.8 Å². The van der Waals surface area contributed by atoms with Gasteiger partial charge in [-0.2, -0.15) is 0 Å². The molecular formula is C23H22FNO5. The molecule has 0 radical (unpaired) electrons. The van der Waals surface area contributed by atoms with E-state index in [-0.39, 0.29) is 5.57 Å². The molecule has 0 aliphatic heterocycles. The third kappa shape index (κ3) is 4.63. The smallest absolute Gasteiger partial charge is 0.331 e. The van der Waals surface area contributed by atoms with Gasteiger partial charge in [0.05, 0.1) is 27.0 Å². The van der Waals surface area contributed by atoms with Crippen molar-refractivity contribution in [3.8, 4) is 22.6 Å². The number of anilines is 1. The number of methoxy groups -OCH3 is 2. The number of rotatable bonds is 8. The molecule has 0 unspecified atom stereocenters. The van der Waals surface area contributed by atoms with Gasteiger partial charge >= 0.3 is 5.97 Å². The van der Waals surface area contributed by atoms with Crippen molar-refractivity contribution in [2.45, 2.75) is 13.5 Å². The summed E-state index contributed by atoms with van der Waals surface area (Å²) in [5, 5.41) is 12.2. The van der Waals surface area contributed by atoms with Gasteiger partial charge in [-0.3, -0.25) is 0 Å². The van der Waals surface area contributed by atoms with Crippen LogP contribution >= 0.6 is 0 Å². The van der Waals surface area contributed by atoms with Crippen LogP contribution in [0.3, 0.4) is 0 Å². The first-order valence-electron chi connectivity index (χ1n) is 9.16. The van der Waals surface area contributed by atoms with Gasteiger partial charge in [0.1, 0.15) is 23.1 Å². The van der Waals surface area contributed by atoms with Gasteiger partial charge in [-0.1, -0.05) is 0 Å². The number of nitrogens with one attached hydrogen (secondary N) is 1. The Labute approximate surface area is 173 Å². The van der Waals surface area contributed by atoms with Crippen molar-refractivity contribution in [3.05, 3.63) is 71.4 Å². The molecule has 2 aromatic carbocycles. The lowest BCUT2D eigenvalue weighted by Gasteiger charge is -2.15. The summed E-state index contributed by atoms with van der Waals surface area (Å²) >= 11 is 0. The summed E-state index contributed by atoms with van der Waals surface area (Å²) < 4.78 is 31.0. The van der Waals surface area contributed by atoms with E-state index in [1.807, 2.05) is 6.07 Å². The highest BCUT2D eigenvalue weighted by atomic mass is 19.1. The molecule has 0 bridgehead atoms. The van der Waals surface area contributed by atoms with Crippen LogP contribution in [0.25, 0.3) is 17.2 Å². The number of carboxylic acid groups (broad SMARTS) is 1. The zero-order valence-electron chi connectivity index (χ0n) is 16.9. The van der Waals surface area contributed by atoms with Crippen molar-refractivity contribution in [1.82, 2.24) is 0 Å². The molecule has 6 nitrogen and oxygen atoms in total. The summed E-state index contributed by atoms with van der Waals surface area (Å²) in [4.78, 5) is 11.1. The normalized spacial score (nSPS) is 11.3. The van der Waals surface area contributed by atoms with Crippen LogP contribution in [0.15, 0.2) is 58.7 Å². The number of ether oxygens (including phenoxy) is 2. The topological polar surface area (TPSA) is 80.9 Å². The molecule has 0 saturated carbocycles. The van der Waals surface area contributed by atoms with Crippen LogP contribution in [0.5, 0.6) is 11.5 Å². The van der Waals surface area contributed by atoms with Crippen LogP contribution < -0.4 is 14.8 Å². The van der Waals surface area contributed by atoms with Gasteiger partial charge in [0.2, 0.25) is 0 Å². The van der Waals surface area contributed by atoms with Crippen molar-refractivity contribution in [1.29, 1.82) is 0 Å². The Morgan fingerprint density at radius 3 is 2.50 bits per heavy atom. The predicted molar refractivity (Wildman–Crippen MR) is 112 cm³/mol. The minimum atomic E-state index is -1.04. The monoisotopic (exact) mass is 411 g/mol. The first-order valence-corrected chi connectivity index (χ1v) is 9.16. The van der Waals surface area contributed by atoms with E-state index in [4.69, 9.17) is 19.0 Å². The molecule has 0 spiro atoms. The predicted octanol–water partition coefficient (Wildman–Crippen LogP) is 5.20. The summed E-state index contributed by atoms with van der Waals surface area (Å²) in [5.74, 6) is 0.0704. The van der Waals surface area contributed by atoms with Crippen LogP contribution in [-0.2, 0) is 11.3 Å². The van der Waals surface area contributed by atoms with Gasteiger partial charge in [0, 0.05) is 28.0 Å². The summed E-state index contributed by atoms with van der Waals surface area (Å²) in [6.07, 6.45) is 3.06.